The average molecular weight is 408 g/mol. The molecule has 0 spiro atoms. The van der Waals surface area contributed by atoms with Crippen LogP contribution >= 0.6 is 22.9 Å². The molecule has 0 aliphatic heterocycles. The lowest BCUT2D eigenvalue weighted by Crippen LogP contribution is -2.18. The van der Waals surface area contributed by atoms with Crippen LogP contribution in [0.5, 0.6) is 0 Å². The van der Waals surface area contributed by atoms with Crippen LogP contribution in [0, 0.1) is 0 Å². The van der Waals surface area contributed by atoms with Gasteiger partial charge in [-0.25, -0.2) is 4.79 Å². The third-order valence-corrected chi connectivity index (χ3v) is 5.87. The topological polar surface area (TPSA) is 81.7 Å². The molecule has 27 heavy (non-hydrogen) atoms. The van der Waals surface area contributed by atoms with Crippen LogP contribution in [0.4, 0.5) is 5.00 Å². The highest BCUT2D eigenvalue weighted by Gasteiger charge is 2.38. The van der Waals surface area contributed by atoms with E-state index in [4.69, 9.17) is 21.1 Å². The summed E-state index contributed by atoms with van der Waals surface area (Å²) in [5.41, 5.74) is 1.66. The van der Waals surface area contributed by atoms with Crippen molar-refractivity contribution < 1.29 is 23.9 Å². The number of anilines is 1. The number of carbonyl (C=O) groups excluding carboxylic acids is 3. The smallest absolute Gasteiger partial charge is 0.341 e. The first-order chi connectivity index (χ1) is 12.9. The van der Waals surface area contributed by atoms with Crippen molar-refractivity contribution in [3.05, 3.63) is 50.9 Å². The van der Waals surface area contributed by atoms with E-state index < -0.39 is 17.9 Å². The second kappa shape index (κ2) is 8.10. The van der Waals surface area contributed by atoms with Gasteiger partial charge < -0.3 is 14.8 Å². The Morgan fingerprint density at radius 1 is 1.19 bits per heavy atom. The molecule has 2 aromatic rings. The fourth-order valence-corrected chi connectivity index (χ4v) is 4.60. The molecule has 1 aromatic carbocycles. The molecule has 0 saturated carbocycles. The third kappa shape index (κ3) is 3.99. The Kier molecular flexibility index (Phi) is 5.82. The van der Waals surface area contributed by atoms with E-state index in [1.54, 1.807) is 24.3 Å². The fourth-order valence-electron chi connectivity index (χ4n) is 3.19. The Morgan fingerprint density at radius 2 is 1.89 bits per heavy atom. The number of ether oxygens (including phenoxy) is 2. The standard InChI is InChI=1S/C19H18ClNO5S/c1-25-18(23)12-7-8-13-15(12)16(19(24)26-2)17(27-13)21-14(22)9-10-3-5-11(20)6-4-10/h3-6,12H,7-9H2,1-2H3,(H,21,22). The molecule has 1 unspecified atom stereocenters. The molecule has 1 aromatic heterocycles. The lowest BCUT2D eigenvalue weighted by atomic mass is 9.99. The number of carbonyl (C=O) groups is 3. The van der Waals surface area contributed by atoms with Gasteiger partial charge in [0.15, 0.2) is 0 Å². The van der Waals surface area contributed by atoms with Crippen LogP contribution in [0.1, 0.15) is 38.7 Å². The molecule has 0 radical (unpaired) electrons. The maximum absolute atomic E-state index is 12.4. The van der Waals surface area contributed by atoms with Gasteiger partial charge in [0, 0.05) is 9.90 Å². The summed E-state index contributed by atoms with van der Waals surface area (Å²) >= 11 is 7.16. The highest BCUT2D eigenvalue weighted by atomic mass is 35.5. The van der Waals surface area contributed by atoms with Gasteiger partial charge in [0.1, 0.15) is 5.00 Å². The van der Waals surface area contributed by atoms with Crippen molar-refractivity contribution in [3.63, 3.8) is 0 Å². The Labute approximate surface area is 165 Å². The van der Waals surface area contributed by atoms with E-state index in [1.165, 1.54) is 25.6 Å². The van der Waals surface area contributed by atoms with Gasteiger partial charge in [-0.1, -0.05) is 23.7 Å². The predicted molar refractivity (Wildman–Crippen MR) is 103 cm³/mol. The molecule has 142 valence electrons. The molecular formula is C19H18ClNO5S. The first kappa shape index (κ1) is 19.4. The van der Waals surface area contributed by atoms with Crippen LogP contribution in [0.15, 0.2) is 24.3 Å². The lowest BCUT2D eigenvalue weighted by Gasteiger charge is -2.11. The quantitative estimate of drug-likeness (QED) is 0.766. The van der Waals surface area contributed by atoms with Crippen molar-refractivity contribution in [1.29, 1.82) is 0 Å². The molecule has 1 aliphatic carbocycles. The normalized spacial score (nSPS) is 15.1. The number of fused-ring (bicyclic) bond motifs is 1. The molecule has 8 heteroatoms. The van der Waals surface area contributed by atoms with Gasteiger partial charge in [-0.15, -0.1) is 11.3 Å². The number of hydrogen-bond acceptors (Lipinski definition) is 6. The maximum Gasteiger partial charge on any atom is 0.341 e. The van der Waals surface area contributed by atoms with Gasteiger partial charge in [0.05, 0.1) is 32.1 Å². The summed E-state index contributed by atoms with van der Waals surface area (Å²) in [6.45, 7) is 0. The van der Waals surface area contributed by atoms with E-state index in [0.29, 0.717) is 28.4 Å². The summed E-state index contributed by atoms with van der Waals surface area (Å²) in [4.78, 5) is 37.8. The second-order valence-electron chi connectivity index (χ2n) is 6.10. The number of esters is 2. The van der Waals surface area contributed by atoms with Crippen molar-refractivity contribution in [2.45, 2.75) is 25.2 Å². The molecule has 1 aliphatic rings. The van der Waals surface area contributed by atoms with Gasteiger partial charge in [0.25, 0.3) is 0 Å². The number of benzene rings is 1. The Hall–Kier alpha value is -2.38. The number of aryl methyl sites for hydroxylation is 1. The number of halogens is 1. The molecule has 1 heterocycles. The lowest BCUT2D eigenvalue weighted by molar-refractivity contribution is -0.142. The van der Waals surface area contributed by atoms with Gasteiger partial charge in [0.2, 0.25) is 5.91 Å². The highest BCUT2D eigenvalue weighted by Crippen LogP contribution is 2.45. The molecule has 1 atom stereocenters. The molecule has 3 rings (SSSR count). The van der Waals surface area contributed by atoms with Crippen LogP contribution in [-0.4, -0.2) is 32.1 Å². The Balaban J connectivity index is 1.87. The predicted octanol–water partition coefficient (Wildman–Crippen LogP) is 3.57. The Bertz CT molecular complexity index is 890. The molecule has 0 saturated heterocycles. The molecule has 6 nitrogen and oxygen atoms in total. The van der Waals surface area contributed by atoms with E-state index in [0.717, 1.165) is 10.4 Å². The summed E-state index contributed by atoms with van der Waals surface area (Å²) in [6.07, 6.45) is 1.37. The summed E-state index contributed by atoms with van der Waals surface area (Å²) in [5, 5.41) is 3.78. The first-order valence-electron chi connectivity index (χ1n) is 8.30. The molecule has 0 fully saturated rings. The van der Waals surface area contributed by atoms with Crippen LogP contribution in [0.25, 0.3) is 0 Å². The minimum atomic E-state index is -0.579. The van der Waals surface area contributed by atoms with Crippen molar-refractivity contribution in [2.24, 2.45) is 0 Å². The first-order valence-corrected chi connectivity index (χ1v) is 9.50. The number of methoxy groups -OCH3 is 2. The van der Waals surface area contributed by atoms with Gasteiger partial charge in [-0.2, -0.15) is 0 Å². The maximum atomic E-state index is 12.4. The molecule has 0 bridgehead atoms. The largest absolute Gasteiger partial charge is 0.469 e. The zero-order chi connectivity index (χ0) is 19.6. The zero-order valence-electron chi connectivity index (χ0n) is 14.8. The highest BCUT2D eigenvalue weighted by molar-refractivity contribution is 7.17. The van der Waals surface area contributed by atoms with E-state index in [-0.39, 0.29) is 17.9 Å². The summed E-state index contributed by atoms with van der Waals surface area (Å²) in [7, 11) is 2.59. The van der Waals surface area contributed by atoms with Gasteiger partial charge in [-0.3, -0.25) is 9.59 Å². The second-order valence-corrected chi connectivity index (χ2v) is 7.64. The SMILES string of the molecule is COC(=O)c1c(NC(=O)Cc2ccc(Cl)cc2)sc2c1C(C(=O)OC)CC2. The average Bonchev–Trinajstić information content (AvgIpc) is 3.21. The van der Waals surface area contributed by atoms with Crippen LogP contribution in [0.3, 0.4) is 0 Å². The molecule has 1 N–H and O–H groups in total. The van der Waals surface area contributed by atoms with Crippen LogP contribution in [0.2, 0.25) is 5.02 Å². The monoisotopic (exact) mass is 407 g/mol. The molecule has 1 amide bonds. The molecular weight excluding hydrogens is 390 g/mol. The van der Waals surface area contributed by atoms with E-state index >= 15 is 0 Å². The Morgan fingerprint density at radius 3 is 2.52 bits per heavy atom. The van der Waals surface area contributed by atoms with Crippen molar-refractivity contribution in [3.8, 4) is 0 Å². The van der Waals surface area contributed by atoms with Gasteiger partial charge >= 0.3 is 11.9 Å². The summed E-state index contributed by atoms with van der Waals surface area (Å²) in [5.74, 6) is -1.75. The fraction of sp³-hybridized carbons (Fsp3) is 0.316. The van der Waals surface area contributed by atoms with Crippen LogP contribution < -0.4 is 5.32 Å². The van der Waals surface area contributed by atoms with E-state index in [9.17, 15) is 14.4 Å². The van der Waals surface area contributed by atoms with Crippen LogP contribution in [-0.2, 0) is 31.9 Å². The minimum Gasteiger partial charge on any atom is -0.469 e. The number of rotatable bonds is 5. The summed E-state index contributed by atoms with van der Waals surface area (Å²) < 4.78 is 9.74. The van der Waals surface area contributed by atoms with Gasteiger partial charge in [-0.05, 0) is 36.1 Å². The number of nitrogens with one attached hydrogen (secondary N) is 1. The van der Waals surface area contributed by atoms with Crippen molar-refractivity contribution in [2.75, 3.05) is 19.5 Å². The summed E-state index contributed by atoms with van der Waals surface area (Å²) in [6, 6.07) is 6.96. The number of amides is 1. The minimum absolute atomic E-state index is 0.140. The zero-order valence-corrected chi connectivity index (χ0v) is 16.4. The van der Waals surface area contributed by atoms with Crippen molar-refractivity contribution in [1.82, 2.24) is 0 Å². The van der Waals surface area contributed by atoms with Crippen molar-refractivity contribution >= 4 is 45.8 Å². The number of thiophene rings is 1. The van der Waals surface area contributed by atoms with E-state index in [1.807, 2.05) is 0 Å². The third-order valence-electron chi connectivity index (χ3n) is 4.44. The number of hydrogen-bond donors (Lipinski definition) is 1. The van der Waals surface area contributed by atoms with E-state index in [2.05, 4.69) is 5.32 Å².